The lowest BCUT2D eigenvalue weighted by Crippen LogP contribution is -2.41. The van der Waals surface area contributed by atoms with E-state index in [4.69, 9.17) is 18.9 Å². The first-order chi connectivity index (χ1) is 10.2. The van der Waals surface area contributed by atoms with E-state index < -0.39 is 52.1 Å². The van der Waals surface area contributed by atoms with Crippen LogP contribution in [0.4, 0.5) is 13.2 Å². The second-order valence-electron chi connectivity index (χ2n) is 6.19. The summed E-state index contributed by atoms with van der Waals surface area (Å²) in [4.78, 5) is 0. The Balaban J connectivity index is 2.07. The van der Waals surface area contributed by atoms with Gasteiger partial charge in [0.05, 0.1) is 13.2 Å². The van der Waals surface area contributed by atoms with Crippen LogP contribution in [0.2, 0.25) is 0 Å². The van der Waals surface area contributed by atoms with E-state index in [2.05, 4.69) is 4.18 Å². The van der Waals surface area contributed by atoms with Gasteiger partial charge >= 0.3 is 15.6 Å². The van der Waals surface area contributed by atoms with E-state index in [9.17, 15) is 21.6 Å². The van der Waals surface area contributed by atoms with Crippen LogP contribution in [0.3, 0.4) is 0 Å². The summed E-state index contributed by atoms with van der Waals surface area (Å²) in [7, 11) is -5.70. The molecule has 2 rings (SSSR count). The number of halogens is 3. The molecule has 0 amide bonds. The van der Waals surface area contributed by atoms with Crippen LogP contribution in [0.5, 0.6) is 0 Å². The normalized spacial score (nSPS) is 34.0. The minimum Gasteiger partial charge on any atom is -0.348 e. The number of hydrogen-bond donors (Lipinski definition) is 0. The third-order valence-electron chi connectivity index (χ3n) is 3.29. The van der Waals surface area contributed by atoms with Crippen molar-refractivity contribution in [3.05, 3.63) is 0 Å². The van der Waals surface area contributed by atoms with Crippen LogP contribution in [0, 0.1) is 0 Å². The zero-order valence-electron chi connectivity index (χ0n) is 13.0. The van der Waals surface area contributed by atoms with Crippen LogP contribution in [0.1, 0.15) is 27.7 Å². The molecule has 0 saturated carbocycles. The van der Waals surface area contributed by atoms with Crippen LogP contribution in [-0.2, 0) is 33.2 Å². The molecule has 0 aliphatic carbocycles. The molecule has 7 nitrogen and oxygen atoms in total. The molecule has 0 aromatic carbocycles. The predicted molar refractivity (Wildman–Crippen MR) is 69.7 cm³/mol. The van der Waals surface area contributed by atoms with Crippen molar-refractivity contribution in [2.45, 2.75) is 63.1 Å². The molecule has 0 radical (unpaired) electrons. The maximum absolute atomic E-state index is 12.3. The van der Waals surface area contributed by atoms with Gasteiger partial charge in [-0.05, 0) is 27.7 Å². The highest BCUT2D eigenvalue weighted by Gasteiger charge is 2.52. The SMILES string of the molecule is CC1(C)OCC(C2OC(C)(C)OC2COS(=O)(=O)C(F)(F)F)O1. The Bertz CT molecular complexity index is 543. The molecule has 23 heavy (non-hydrogen) atoms. The minimum atomic E-state index is -5.70. The van der Waals surface area contributed by atoms with E-state index in [1.54, 1.807) is 27.7 Å². The van der Waals surface area contributed by atoms with Crippen molar-refractivity contribution >= 4 is 10.1 Å². The van der Waals surface area contributed by atoms with Crippen molar-refractivity contribution in [3.63, 3.8) is 0 Å². The Kier molecular flexibility index (Phi) is 4.77. The second kappa shape index (κ2) is 5.81. The quantitative estimate of drug-likeness (QED) is 0.553. The Morgan fingerprint density at radius 3 is 2.17 bits per heavy atom. The predicted octanol–water partition coefficient (Wildman–Crippen LogP) is 1.52. The summed E-state index contributed by atoms with van der Waals surface area (Å²) in [6, 6.07) is 0. The molecule has 3 atom stereocenters. The van der Waals surface area contributed by atoms with Gasteiger partial charge in [0, 0.05) is 0 Å². The van der Waals surface area contributed by atoms with Gasteiger partial charge in [-0.2, -0.15) is 21.6 Å². The first-order valence-electron chi connectivity index (χ1n) is 6.86. The molecular formula is C12H19F3O7S. The monoisotopic (exact) mass is 364 g/mol. The Morgan fingerprint density at radius 2 is 1.70 bits per heavy atom. The molecule has 3 unspecified atom stereocenters. The van der Waals surface area contributed by atoms with Gasteiger partial charge in [0.15, 0.2) is 11.6 Å². The molecule has 0 spiro atoms. The van der Waals surface area contributed by atoms with Gasteiger partial charge in [-0.15, -0.1) is 0 Å². The molecule has 2 fully saturated rings. The van der Waals surface area contributed by atoms with E-state index in [1.807, 2.05) is 0 Å². The molecule has 2 heterocycles. The highest BCUT2D eigenvalue weighted by atomic mass is 32.2. The summed E-state index contributed by atoms with van der Waals surface area (Å²) in [5.74, 6) is -1.99. The van der Waals surface area contributed by atoms with Crippen LogP contribution in [0.15, 0.2) is 0 Å². The van der Waals surface area contributed by atoms with E-state index >= 15 is 0 Å². The first-order valence-corrected chi connectivity index (χ1v) is 8.26. The largest absolute Gasteiger partial charge is 0.523 e. The lowest BCUT2D eigenvalue weighted by Gasteiger charge is -2.23. The topological polar surface area (TPSA) is 80.3 Å². The zero-order valence-corrected chi connectivity index (χ0v) is 13.9. The van der Waals surface area contributed by atoms with Gasteiger partial charge in [-0.25, -0.2) is 0 Å². The van der Waals surface area contributed by atoms with E-state index in [1.165, 1.54) is 0 Å². The van der Waals surface area contributed by atoms with Crippen molar-refractivity contribution in [3.8, 4) is 0 Å². The van der Waals surface area contributed by atoms with E-state index in [0.29, 0.717) is 0 Å². The van der Waals surface area contributed by atoms with Crippen molar-refractivity contribution < 1.29 is 44.7 Å². The number of ether oxygens (including phenoxy) is 4. The van der Waals surface area contributed by atoms with Crippen LogP contribution >= 0.6 is 0 Å². The smallest absolute Gasteiger partial charge is 0.348 e. The molecule has 0 N–H and O–H groups in total. The van der Waals surface area contributed by atoms with Crippen molar-refractivity contribution in [2.75, 3.05) is 13.2 Å². The van der Waals surface area contributed by atoms with Crippen molar-refractivity contribution in [2.24, 2.45) is 0 Å². The fourth-order valence-electron chi connectivity index (χ4n) is 2.41. The lowest BCUT2D eigenvalue weighted by atomic mass is 10.1. The Labute approximate surface area is 132 Å². The third kappa shape index (κ3) is 4.34. The number of alkyl halides is 3. The average Bonchev–Trinajstić information content (AvgIpc) is 2.85. The van der Waals surface area contributed by atoms with E-state index in [0.717, 1.165) is 0 Å². The van der Waals surface area contributed by atoms with Gasteiger partial charge in [0.2, 0.25) is 0 Å². The fraction of sp³-hybridized carbons (Fsp3) is 1.00. The molecule has 0 bridgehead atoms. The standard InChI is InChI=1S/C12H19F3O7S/c1-10(2)18-5-7(20-10)9-8(21-11(3,4)22-9)6-19-23(16,17)12(13,14)15/h7-9H,5-6H2,1-4H3. The van der Waals surface area contributed by atoms with Gasteiger partial charge in [0.25, 0.3) is 0 Å². The lowest BCUT2D eigenvalue weighted by molar-refractivity contribution is -0.174. The molecular weight excluding hydrogens is 345 g/mol. The van der Waals surface area contributed by atoms with Gasteiger partial charge in [-0.3, -0.25) is 4.18 Å². The van der Waals surface area contributed by atoms with Crippen molar-refractivity contribution in [1.29, 1.82) is 0 Å². The number of rotatable bonds is 4. The molecule has 2 aliphatic rings. The van der Waals surface area contributed by atoms with E-state index in [-0.39, 0.29) is 6.61 Å². The first kappa shape index (κ1) is 18.9. The second-order valence-corrected chi connectivity index (χ2v) is 7.80. The highest BCUT2D eigenvalue weighted by molar-refractivity contribution is 7.87. The summed E-state index contributed by atoms with van der Waals surface area (Å²) in [6.45, 7) is 5.76. The van der Waals surface area contributed by atoms with Crippen LogP contribution in [0.25, 0.3) is 0 Å². The molecule has 0 aromatic rings. The van der Waals surface area contributed by atoms with Crippen LogP contribution in [-0.4, -0.2) is 57.0 Å². The molecule has 2 aliphatic heterocycles. The fourth-order valence-corrected chi connectivity index (χ4v) is 2.85. The molecule has 136 valence electrons. The van der Waals surface area contributed by atoms with Gasteiger partial charge in [-0.1, -0.05) is 0 Å². The van der Waals surface area contributed by atoms with Gasteiger partial charge < -0.3 is 18.9 Å². The highest BCUT2D eigenvalue weighted by Crippen LogP contribution is 2.36. The Hall–Kier alpha value is -0.460. The minimum absolute atomic E-state index is 0.139. The molecule has 0 aromatic heterocycles. The van der Waals surface area contributed by atoms with Crippen molar-refractivity contribution in [1.82, 2.24) is 0 Å². The summed E-state index contributed by atoms with van der Waals surface area (Å²) < 4.78 is 85.1. The molecule has 11 heteroatoms. The van der Waals surface area contributed by atoms with Crippen LogP contribution < -0.4 is 0 Å². The zero-order chi connectivity index (χ0) is 17.7. The average molecular weight is 364 g/mol. The number of hydrogen-bond acceptors (Lipinski definition) is 7. The summed E-state index contributed by atoms with van der Waals surface area (Å²) >= 11 is 0. The molecule has 2 saturated heterocycles. The summed E-state index contributed by atoms with van der Waals surface area (Å²) in [6.07, 6.45) is -2.49. The van der Waals surface area contributed by atoms with Gasteiger partial charge in [0.1, 0.15) is 18.3 Å². The summed E-state index contributed by atoms with van der Waals surface area (Å²) in [5.41, 5.74) is -5.49. The Morgan fingerprint density at radius 1 is 1.09 bits per heavy atom. The maximum Gasteiger partial charge on any atom is 0.523 e. The summed E-state index contributed by atoms with van der Waals surface area (Å²) in [5, 5.41) is 0. The third-order valence-corrected chi connectivity index (χ3v) is 4.30. The maximum atomic E-state index is 12.3.